The molecule has 1 atom stereocenters. The number of fused-ring (bicyclic) bond motifs is 1. The van der Waals surface area contributed by atoms with Crippen LogP contribution in [0.5, 0.6) is 0 Å². The van der Waals surface area contributed by atoms with Gasteiger partial charge in [0.25, 0.3) is 0 Å². The van der Waals surface area contributed by atoms with E-state index in [1.54, 1.807) is 6.20 Å². The highest BCUT2D eigenvalue weighted by atomic mass is 16.2. The summed E-state index contributed by atoms with van der Waals surface area (Å²) in [5, 5.41) is 14.6. The van der Waals surface area contributed by atoms with Crippen molar-refractivity contribution in [1.29, 1.82) is 0 Å². The fourth-order valence-electron chi connectivity index (χ4n) is 3.10. The van der Waals surface area contributed by atoms with Crippen LogP contribution in [0.2, 0.25) is 0 Å². The van der Waals surface area contributed by atoms with Crippen LogP contribution in [0, 0.1) is 5.92 Å². The van der Waals surface area contributed by atoms with Crippen molar-refractivity contribution in [2.24, 2.45) is 5.92 Å². The number of anilines is 1. The third kappa shape index (κ3) is 3.27. The first kappa shape index (κ1) is 15.2. The molecule has 1 aliphatic heterocycles. The summed E-state index contributed by atoms with van der Waals surface area (Å²) in [6.07, 6.45) is 8.83. The molecule has 2 aliphatic rings. The van der Waals surface area contributed by atoms with Crippen molar-refractivity contribution in [2.75, 3.05) is 5.32 Å². The summed E-state index contributed by atoms with van der Waals surface area (Å²) < 4.78 is 3.82. The Kier molecular flexibility index (Phi) is 3.95. The third-order valence-corrected chi connectivity index (χ3v) is 4.57. The van der Waals surface area contributed by atoms with Crippen molar-refractivity contribution in [3.63, 3.8) is 0 Å². The number of nitrogens with zero attached hydrogens (tertiary/aromatic N) is 5. The van der Waals surface area contributed by atoms with E-state index in [1.165, 1.54) is 12.8 Å². The van der Waals surface area contributed by atoms with E-state index in [0.717, 1.165) is 55.6 Å². The van der Waals surface area contributed by atoms with Crippen LogP contribution in [0.1, 0.15) is 50.3 Å². The Morgan fingerprint density at radius 2 is 2.25 bits per heavy atom. The zero-order chi connectivity index (χ0) is 16.5. The molecule has 0 spiro atoms. The predicted molar refractivity (Wildman–Crippen MR) is 88.5 cm³/mol. The highest BCUT2D eigenvalue weighted by molar-refractivity contribution is 5.89. The van der Waals surface area contributed by atoms with Gasteiger partial charge in [-0.25, -0.2) is 14.5 Å². The Morgan fingerprint density at radius 3 is 3.04 bits per heavy atom. The van der Waals surface area contributed by atoms with Gasteiger partial charge in [-0.2, -0.15) is 10.2 Å². The van der Waals surface area contributed by atoms with E-state index in [0.29, 0.717) is 0 Å². The number of hydrogen-bond donors (Lipinski definition) is 2. The highest BCUT2D eigenvalue weighted by Crippen LogP contribution is 2.30. The zero-order valence-electron chi connectivity index (χ0n) is 13.9. The third-order valence-electron chi connectivity index (χ3n) is 4.57. The molecule has 0 bridgehead atoms. The fourth-order valence-corrected chi connectivity index (χ4v) is 3.10. The molecule has 2 aromatic rings. The van der Waals surface area contributed by atoms with E-state index in [9.17, 15) is 4.79 Å². The molecule has 1 aliphatic carbocycles. The molecule has 0 unspecified atom stereocenters. The second-order valence-electron chi connectivity index (χ2n) is 6.65. The topological polar surface area (TPSA) is 89.7 Å². The van der Waals surface area contributed by atoms with Gasteiger partial charge in [-0.1, -0.05) is 6.92 Å². The summed E-state index contributed by atoms with van der Waals surface area (Å²) in [5.41, 5.74) is 0.722. The summed E-state index contributed by atoms with van der Waals surface area (Å²) >= 11 is 0. The van der Waals surface area contributed by atoms with Crippen LogP contribution in [0.4, 0.5) is 10.5 Å². The minimum absolute atomic E-state index is 0.0898. The average Bonchev–Trinajstić information content (AvgIpc) is 3.09. The Bertz CT molecular complexity index is 731. The Balaban J connectivity index is 1.37. The summed E-state index contributed by atoms with van der Waals surface area (Å²) in [4.78, 5) is 16.8. The molecule has 8 heteroatoms. The smallest absolute Gasteiger partial charge is 0.319 e. The molecule has 2 aromatic heterocycles. The van der Waals surface area contributed by atoms with Gasteiger partial charge in [0.05, 0.1) is 17.9 Å². The van der Waals surface area contributed by atoms with Gasteiger partial charge in [0.2, 0.25) is 0 Å². The molecule has 1 saturated carbocycles. The maximum Gasteiger partial charge on any atom is 0.319 e. The predicted octanol–water partition coefficient (Wildman–Crippen LogP) is 2.10. The molecule has 24 heavy (non-hydrogen) atoms. The minimum atomic E-state index is -0.222. The van der Waals surface area contributed by atoms with E-state index in [1.807, 2.05) is 22.5 Å². The molecule has 8 nitrogen and oxygen atoms in total. The van der Waals surface area contributed by atoms with Crippen molar-refractivity contribution in [3.05, 3.63) is 24.0 Å². The number of carbonyl (C=O) groups excluding carboxylic acids is 1. The standard InChI is InChI=1S/C16H23N7O/c1-2-14-20-15-13(4-3-7-23(15)21-14)19-16(24)18-12-8-17-22(10-12)9-11-5-6-11/h8,10-11,13H,2-7,9H2,1H3,(H2,18,19,24)/t13-/m1/s1. The molecule has 0 radical (unpaired) electrons. The lowest BCUT2D eigenvalue weighted by molar-refractivity contribution is 0.244. The maximum atomic E-state index is 12.3. The molecular weight excluding hydrogens is 306 g/mol. The second-order valence-corrected chi connectivity index (χ2v) is 6.65. The van der Waals surface area contributed by atoms with Gasteiger partial charge in [0.1, 0.15) is 5.82 Å². The molecule has 2 N–H and O–H groups in total. The molecule has 1 fully saturated rings. The highest BCUT2D eigenvalue weighted by Gasteiger charge is 2.26. The number of aromatic nitrogens is 5. The number of hydrogen-bond acceptors (Lipinski definition) is 4. The van der Waals surface area contributed by atoms with Crippen LogP contribution in [0.15, 0.2) is 12.4 Å². The quantitative estimate of drug-likeness (QED) is 0.879. The summed E-state index contributed by atoms with van der Waals surface area (Å²) in [5.74, 6) is 2.45. The Morgan fingerprint density at radius 1 is 1.38 bits per heavy atom. The van der Waals surface area contributed by atoms with E-state index in [4.69, 9.17) is 0 Å². The number of amides is 2. The molecule has 128 valence electrons. The minimum Gasteiger partial charge on any atom is -0.328 e. The molecule has 4 rings (SSSR count). The van der Waals surface area contributed by atoms with Gasteiger partial charge in [0, 0.05) is 25.7 Å². The van der Waals surface area contributed by atoms with Gasteiger partial charge in [-0.3, -0.25) is 4.68 Å². The first-order chi connectivity index (χ1) is 11.7. The van der Waals surface area contributed by atoms with Crippen LogP contribution >= 0.6 is 0 Å². The largest absolute Gasteiger partial charge is 0.328 e. The zero-order valence-corrected chi connectivity index (χ0v) is 13.9. The normalized spacial score (nSPS) is 19.8. The van der Waals surface area contributed by atoms with Crippen molar-refractivity contribution in [3.8, 4) is 0 Å². The second kappa shape index (κ2) is 6.26. The van der Waals surface area contributed by atoms with Crippen molar-refractivity contribution in [1.82, 2.24) is 29.9 Å². The van der Waals surface area contributed by atoms with Crippen LogP contribution < -0.4 is 10.6 Å². The Hall–Kier alpha value is -2.38. The lowest BCUT2D eigenvalue weighted by Crippen LogP contribution is -2.36. The lowest BCUT2D eigenvalue weighted by Gasteiger charge is -2.23. The molecule has 0 saturated heterocycles. The molecule has 2 amide bonds. The number of carbonyl (C=O) groups is 1. The number of urea groups is 1. The average molecular weight is 329 g/mol. The van der Waals surface area contributed by atoms with E-state index >= 15 is 0 Å². The molecular formula is C16H23N7O. The first-order valence-electron chi connectivity index (χ1n) is 8.75. The van der Waals surface area contributed by atoms with Gasteiger partial charge >= 0.3 is 6.03 Å². The van der Waals surface area contributed by atoms with Crippen LogP contribution in [-0.2, 0) is 19.5 Å². The van der Waals surface area contributed by atoms with Crippen LogP contribution in [-0.4, -0.2) is 30.6 Å². The maximum absolute atomic E-state index is 12.3. The van der Waals surface area contributed by atoms with Crippen LogP contribution in [0.25, 0.3) is 0 Å². The summed E-state index contributed by atoms with van der Waals surface area (Å²) in [6.45, 7) is 3.85. The van der Waals surface area contributed by atoms with Crippen molar-refractivity contribution in [2.45, 2.75) is 58.2 Å². The molecule has 3 heterocycles. The van der Waals surface area contributed by atoms with Crippen molar-refractivity contribution >= 4 is 11.7 Å². The summed E-state index contributed by atoms with van der Waals surface area (Å²) in [6, 6.07) is -0.312. The van der Waals surface area contributed by atoms with Gasteiger partial charge in [0.15, 0.2) is 5.82 Å². The van der Waals surface area contributed by atoms with Crippen LogP contribution in [0.3, 0.4) is 0 Å². The SMILES string of the molecule is CCc1nc2n(n1)CCC[C@H]2NC(=O)Nc1cnn(CC2CC2)c1. The van der Waals surface area contributed by atoms with E-state index in [2.05, 4.69) is 25.8 Å². The summed E-state index contributed by atoms with van der Waals surface area (Å²) in [7, 11) is 0. The monoisotopic (exact) mass is 329 g/mol. The number of aryl methyl sites for hydroxylation is 2. The van der Waals surface area contributed by atoms with Gasteiger partial charge in [-0.15, -0.1) is 0 Å². The molecule has 0 aromatic carbocycles. The van der Waals surface area contributed by atoms with Gasteiger partial charge < -0.3 is 10.6 Å². The van der Waals surface area contributed by atoms with E-state index < -0.39 is 0 Å². The van der Waals surface area contributed by atoms with E-state index in [-0.39, 0.29) is 12.1 Å². The Labute approximate surface area is 140 Å². The fraction of sp³-hybridized carbons (Fsp3) is 0.625. The lowest BCUT2D eigenvalue weighted by atomic mass is 10.1. The number of nitrogens with one attached hydrogen (secondary N) is 2. The van der Waals surface area contributed by atoms with Gasteiger partial charge in [-0.05, 0) is 31.6 Å². The van der Waals surface area contributed by atoms with Crippen molar-refractivity contribution < 1.29 is 4.79 Å². The number of rotatable bonds is 5. The first-order valence-corrected chi connectivity index (χ1v) is 8.75.